The minimum absolute atomic E-state index is 0.261. The van der Waals surface area contributed by atoms with Crippen molar-refractivity contribution < 1.29 is 23.8 Å². The monoisotopic (exact) mass is 419 g/mol. The molecule has 0 spiro atoms. The van der Waals surface area contributed by atoms with Crippen LogP contribution < -0.4 is 9.47 Å². The fourth-order valence-corrected chi connectivity index (χ4v) is 2.40. The van der Waals surface area contributed by atoms with E-state index >= 15 is 0 Å². The van der Waals surface area contributed by atoms with Gasteiger partial charge in [0.1, 0.15) is 17.1 Å². The van der Waals surface area contributed by atoms with Gasteiger partial charge in [0, 0.05) is 6.20 Å². The molecule has 5 nitrogen and oxygen atoms in total. The van der Waals surface area contributed by atoms with Crippen LogP contribution in [0.3, 0.4) is 0 Å². The standard InChI is InChI=1S/C13H8Br2FNO4/c1-20-9-4-8(15)10(5-7(9)14)21-12-11(16)6(13(18)19)2-3-17-12/h2-5H,1H3,(H,18,19). The van der Waals surface area contributed by atoms with Crippen LogP contribution in [0.5, 0.6) is 17.4 Å². The molecule has 0 saturated heterocycles. The van der Waals surface area contributed by atoms with E-state index in [0.717, 1.165) is 12.3 Å². The van der Waals surface area contributed by atoms with Crippen LogP contribution in [-0.4, -0.2) is 23.2 Å². The Bertz CT molecular complexity index is 709. The number of aromatic carboxylic acids is 1. The number of carboxylic acid groups (broad SMARTS) is 1. The first-order chi connectivity index (χ1) is 9.93. The maximum atomic E-state index is 14.0. The van der Waals surface area contributed by atoms with Gasteiger partial charge in [0.2, 0.25) is 0 Å². The second kappa shape index (κ2) is 6.40. The molecule has 0 atom stereocenters. The zero-order valence-corrected chi connectivity index (χ0v) is 13.7. The van der Waals surface area contributed by atoms with Crippen LogP contribution in [0.2, 0.25) is 0 Å². The molecule has 0 saturated carbocycles. The Morgan fingerprint density at radius 3 is 2.52 bits per heavy atom. The number of methoxy groups -OCH3 is 1. The van der Waals surface area contributed by atoms with Crippen molar-refractivity contribution in [3.8, 4) is 17.4 Å². The van der Waals surface area contributed by atoms with E-state index in [9.17, 15) is 9.18 Å². The van der Waals surface area contributed by atoms with Gasteiger partial charge in [0.15, 0.2) is 5.82 Å². The summed E-state index contributed by atoms with van der Waals surface area (Å²) in [6.07, 6.45) is 1.16. The second-order valence-corrected chi connectivity index (χ2v) is 5.51. The summed E-state index contributed by atoms with van der Waals surface area (Å²) < 4.78 is 25.5. The number of ether oxygens (including phenoxy) is 2. The van der Waals surface area contributed by atoms with Crippen molar-refractivity contribution in [2.24, 2.45) is 0 Å². The largest absolute Gasteiger partial charge is 0.496 e. The summed E-state index contributed by atoms with van der Waals surface area (Å²) in [5.41, 5.74) is -0.510. The molecule has 21 heavy (non-hydrogen) atoms. The van der Waals surface area contributed by atoms with Gasteiger partial charge in [0.25, 0.3) is 5.88 Å². The molecule has 0 radical (unpaired) electrons. The number of hydrogen-bond donors (Lipinski definition) is 1. The molecule has 1 N–H and O–H groups in total. The Kier molecular flexibility index (Phi) is 4.79. The van der Waals surface area contributed by atoms with Crippen LogP contribution in [0, 0.1) is 5.82 Å². The van der Waals surface area contributed by atoms with Crippen LogP contribution >= 0.6 is 31.9 Å². The van der Waals surface area contributed by atoms with Crippen molar-refractivity contribution in [2.45, 2.75) is 0 Å². The fourth-order valence-electron chi connectivity index (χ4n) is 1.51. The van der Waals surface area contributed by atoms with Crippen molar-refractivity contribution >= 4 is 37.8 Å². The van der Waals surface area contributed by atoms with Gasteiger partial charge < -0.3 is 14.6 Å². The number of carboxylic acids is 1. The van der Waals surface area contributed by atoms with E-state index in [1.807, 2.05) is 0 Å². The molecule has 0 unspecified atom stereocenters. The predicted octanol–water partition coefficient (Wildman–Crippen LogP) is 4.24. The van der Waals surface area contributed by atoms with Gasteiger partial charge in [-0.15, -0.1) is 0 Å². The highest BCUT2D eigenvalue weighted by Crippen LogP contribution is 2.38. The molecule has 0 aliphatic carbocycles. The number of rotatable bonds is 4. The predicted molar refractivity (Wildman–Crippen MR) is 79.6 cm³/mol. The van der Waals surface area contributed by atoms with Crippen LogP contribution in [0.1, 0.15) is 10.4 Å². The summed E-state index contributed by atoms with van der Waals surface area (Å²) in [5.74, 6) is -2.04. The highest BCUT2D eigenvalue weighted by Gasteiger charge is 2.18. The molecule has 1 aromatic heterocycles. The summed E-state index contributed by atoms with van der Waals surface area (Å²) in [7, 11) is 1.50. The lowest BCUT2D eigenvalue weighted by atomic mass is 10.2. The number of pyridine rings is 1. The van der Waals surface area contributed by atoms with E-state index in [1.54, 1.807) is 12.1 Å². The van der Waals surface area contributed by atoms with E-state index in [0.29, 0.717) is 14.7 Å². The molecule has 8 heteroatoms. The van der Waals surface area contributed by atoms with Crippen LogP contribution in [-0.2, 0) is 0 Å². The molecule has 0 fully saturated rings. The van der Waals surface area contributed by atoms with Crippen LogP contribution in [0.25, 0.3) is 0 Å². The molecular formula is C13H8Br2FNO4. The fraction of sp³-hybridized carbons (Fsp3) is 0.0769. The third kappa shape index (κ3) is 3.33. The molecule has 0 aliphatic heterocycles. The number of carbonyl (C=O) groups is 1. The summed E-state index contributed by atoms with van der Waals surface area (Å²) in [6.45, 7) is 0. The summed E-state index contributed by atoms with van der Waals surface area (Å²) in [4.78, 5) is 14.6. The van der Waals surface area contributed by atoms with Crippen molar-refractivity contribution in [1.82, 2.24) is 4.98 Å². The van der Waals surface area contributed by atoms with Gasteiger partial charge >= 0.3 is 5.97 Å². The van der Waals surface area contributed by atoms with Gasteiger partial charge in [-0.3, -0.25) is 0 Å². The maximum absolute atomic E-state index is 14.0. The minimum Gasteiger partial charge on any atom is -0.496 e. The van der Waals surface area contributed by atoms with Gasteiger partial charge in [0.05, 0.1) is 16.1 Å². The first-order valence-electron chi connectivity index (χ1n) is 5.52. The Balaban J connectivity index is 2.41. The summed E-state index contributed by atoms with van der Waals surface area (Å²) in [6, 6.07) is 4.24. The zero-order valence-electron chi connectivity index (χ0n) is 10.6. The van der Waals surface area contributed by atoms with E-state index in [4.69, 9.17) is 14.6 Å². The van der Waals surface area contributed by atoms with Crippen LogP contribution in [0.4, 0.5) is 4.39 Å². The first-order valence-corrected chi connectivity index (χ1v) is 7.11. The Hall–Kier alpha value is -1.67. The number of nitrogens with zero attached hydrogens (tertiary/aromatic N) is 1. The molecule has 110 valence electrons. The van der Waals surface area contributed by atoms with Gasteiger partial charge in [-0.1, -0.05) is 0 Å². The van der Waals surface area contributed by atoms with E-state index in [1.165, 1.54) is 7.11 Å². The molecule has 1 aromatic carbocycles. The van der Waals surface area contributed by atoms with E-state index in [-0.39, 0.29) is 5.75 Å². The Labute approximate surface area is 136 Å². The average molecular weight is 421 g/mol. The molecule has 2 rings (SSSR count). The van der Waals surface area contributed by atoms with Gasteiger partial charge in [-0.2, -0.15) is 0 Å². The smallest absolute Gasteiger partial charge is 0.338 e. The number of aromatic nitrogens is 1. The molecule has 0 bridgehead atoms. The molecule has 2 aromatic rings. The Morgan fingerprint density at radius 2 is 1.90 bits per heavy atom. The average Bonchev–Trinajstić information content (AvgIpc) is 2.44. The number of hydrogen-bond acceptors (Lipinski definition) is 4. The molecule has 0 amide bonds. The van der Waals surface area contributed by atoms with Crippen molar-refractivity contribution in [3.05, 3.63) is 44.7 Å². The molecule has 1 heterocycles. The lowest BCUT2D eigenvalue weighted by Gasteiger charge is -2.11. The highest BCUT2D eigenvalue weighted by atomic mass is 79.9. The molecular weight excluding hydrogens is 413 g/mol. The van der Waals surface area contributed by atoms with Crippen molar-refractivity contribution in [3.63, 3.8) is 0 Å². The third-order valence-electron chi connectivity index (χ3n) is 2.50. The lowest BCUT2D eigenvalue weighted by molar-refractivity contribution is 0.0690. The zero-order chi connectivity index (χ0) is 15.6. The summed E-state index contributed by atoms with van der Waals surface area (Å²) >= 11 is 6.54. The molecule has 0 aliphatic rings. The van der Waals surface area contributed by atoms with E-state index < -0.39 is 23.2 Å². The Morgan fingerprint density at radius 1 is 1.29 bits per heavy atom. The maximum Gasteiger partial charge on any atom is 0.338 e. The first kappa shape index (κ1) is 15.7. The third-order valence-corrected chi connectivity index (χ3v) is 3.74. The SMILES string of the molecule is COc1cc(Br)c(Oc2nccc(C(=O)O)c2F)cc1Br. The van der Waals surface area contributed by atoms with Gasteiger partial charge in [-0.05, 0) is 50.1 Å². The number of benzene rings is 1. The number of halogens is 3. The second-order valence-electron chi connectivity index (χ2n) is 3.80. The lowest BCUT2D eigenvalue weighted by Crippen LogP contribution is -2.03. The minimum atomic E-state index is -1.39. The van der Waals surface area contributed by atoms with Crippen LogP contribution in [0.15, 0.2) is 33.3 Å². The topological polar surface area (TPSA) is 68.7 Å². The van der Waals surface area contributed by atoms with Gasteiger partial charge in [-0.25, -0.2) is 14.2 Å². The highest BCUT2D eigenvalue weighted by molar-refractivity contribution is 9.11. The quantitative estimate of drug-likeness (QED) is 0.800. The van der Waals surface area contributed by atoms with Crippen molar-refractivity contribution in [2.75, 3.05) is 7.11 Å². The van der Waals surface area contributed by atoms with Crippen molar-refractivity contribution in [1.29, 1.82) is 0 Å². The normalized spacial score (nSPS) is 10.3. The summed E-state index contributed by atoms with van der Waals surface area (Å²) in [5, 5.41) is 8.87. The van der Waals surface area contributed by atoms with E-state index in [2.05, 4.69) is 36.8 Å².